The lowest BCUT2D eigenvalue weighted by atomic mass is 10.2. The van der Waals surface area contributed by atoms with E-state index in [-0.39, 0.29) is 5.75 Å². The summed E-state index contributed by atoms with van der Waals surface area (Å²) in [6, 6.07) is 7.95. The molecule has 0 aliphatic carbocycles. The Morgan fingerprint density at radius 3 is 2.78 bits per heavy atom. The van der Waals surface area contributed by atoms with Gasteiger partial charge in [0, 0.05) is 23.8 Å². The molecule has 0 radical (unpaired) electrons. The standard InChI is InChI=1S/C12H18BrNO3S/c1-18(15,16)8-6-14-5-7-17-10-11-3-2-4-12(13)9-11/h2-4,9,14H,5-8,10H2,1H3. The maximum atomic E-state index is 10.9. The molecule has 0 heterocycles. The van der Waals surface area contributed by atoms with Gasteiger partial charge in [0.25, 0.3) is 0 Å². The van der Waals surface area contributed by atoms with Crippen LogP contribution >= 0.6 is 15.9 Å². The zero-order valence-electron chi connectivity index (χ0n) is 10.4. The minimum absolute atomic E-state index is 0.165. The fourth-order valence-electron chi connectivity index (χ4n) is 1.34. The minimum atomic E-state index is -2.87. The Bertz CT molecular complexity index is 462. The lowest BCUT2D eigenvalue weighted by Crippen LogP contribution is -2.25. The highest BCUT2D eigenvalue weighted by Gasteiger charge is 2.00. The molecule has 1 rings (SSSR count). The molecule has 0 saturated heterocycles. The Hall–Kier alpha value is -0.430. The van der Waals surface area contributed by atoms with Gasteiger partial charge in [0.1, 0.15) is 9.84 Å². The number of sulfone groups is 1. The number of halogens is 1. The molecule has 0 saturated carbocycles. The van der Waals surface area contributed by atoms with Crippen molar-refractivity contribution in [3.8, 4) is 0 Å². The molecule has 0 aliphatic rings. The van der Waals surface area contributed by atoms with E-state index in [0.717, 1.165) is 10.0 Å². The predicted molar refractivity (Wildman–Crippen MR) is 76.4 cm³/mol. The number of hydrogen-bond donors (Lipinski definition) is 1. The summed E-state index contributed by atoms with van der Waals surface area (Å²) in [6.07, 6.45) is 1.23. The molecule has 102 valence electrons. The van der Waals surface area contributed by atoms with E-state index >= 15 is 0 Å². The summed E-state index contributed by atoms with van der Waals surface area (Å²) < 4.78 is 28.2. The van der Waals surface area contributed by atoms with Gasteiger partial charge in [-0.1, -0.05) is 28.1 Å². The number of nitrogens with one attached hydrogen (secondary N) is 1. The molecule has 4 nitrogen and oxygen atoms in total. The van der Waals surface area contributed by atoms with Crippen molar-refractivity contribution in [1.29, 1.82) is 0 Å². The SMILES string of the molecule is CS(=O)(=O)CCNCCOCc1cccc(Br)c1. The van der Waals surface area contributed by atoms with E-state index in [1.165, 1.54) is 6.26 Å². The molecule has 0 unspecified atom stereocenters. The van der Waals surface area contributed by atoms with Crippen molar-refractivity contribution < 1.29 is 13.2 Å². The van der Waals surface area contributed by atoms with E-state index < -0.39 is 9.84 Å². The van der Waals surface area contributed by atoms with Crippen LogP contribution in [0.3, 0.4) is 0 Å². The first-order valence-electron chi connectivity index (χ1n) is 5.68. The quantitative estimate of drug-likeness (QED) is 0.733. The van der Waals surface area contributed by atoms with Gasteiger partial charge in [-0.15, -0.1) is 0 Å². The van der Waals surface area contributed by atoms with Crippen LogP contribution in [0.2, 0.25) is 0 Å². The highest BCUT2D eigenvalue weighted by atomic mass is 79.9. The fraction of sp³-hybridized carbons (Fsp3) is 0.500. The summed E-state index contributed by atoms with van der Waals surface area (Å²) in [5, 5.41) is 3.03. The van der Waals surface area contributed by atoms with Crippen LogP contribution in [0.25, 0.3) is 0 Å². The Morgan fingerprint density at radius 2 is 2.11 bits per heavy atom. The van der Waals surface area contributed by atoms with Gasteiger partial charge in [-0.2, -0.15) is 0 Å². The molecule has 0 bridgehead atoms. The van der Waals surface area contributed by atoms with Gasteiger partial charge in [0.2, 0.25) is 0 Å². The summed E-state index contributed by atoms with van der Waals surface area (Å²) in [7, 11) is -2.87. The molecule has 0 amide bonds. The molecule has 0 fully saturated rings. The molecular weight excluding hydrogens is 318 g/mol. The molecule has 0 aromatic heterocycles. The van der Waals surface area contributed by atoms with Crippen LogP contribution < -0.4 is 5.32 Å². The molecule has 1 N–H and O–H groups in total. The summed E-state index contributed by atoms with van der Waals surface area (Å²) in [4.78, 5) is 0. The second-order valence-corrected chi connectivity index (χ2v) is 7.24. The Balaban J connectivity index is 2.06. The fourth-order valence-corrected chi connectivity index (χ4v) is 2.31. The second kappa shape index (κ2) is 7.89. The van der Waals surface area contributed by atoms with Gasteiger partial charge in [0.15, 0.2) is 0 Å². The van der Waals surface area contributed by atoms with Crippen LogP contribution in [0, 0.1) is 0 Å². The molecule has 0 atom stereocenters. The van der Waals surface area contributed by atoms with Gasteiger partial charge in [0.05, 0.1) is 19.0 Å². The number of hydrogen-bond acceptors (Lipinski definition) is 4. The van der Waals surface area contributed by atoms with Crippen LogP contribution in [0.5, 0.6) is 0 Å². The zero-order chi connectivity index (χ0) is 13.4. The largest absolute Gasteiger partial charge is 0.375 e. The van der Waals surface area contributed by atoms with Gasteiger partial charge in [-0.25, -0.2) is 8.42 Å². The summed E-state index contributed by atoms with van der Waals surface area (Å²) in [5.74, 6) is 0.165. The molecule has 0 aliphatic heterocycles. The van der Waals surface area contributed by atoms with E-state index in [4.69, 9.17) is 4.74 Å². The summed E-state index contributed by atoms with van der Waals surface area (Å²) in [6.45, 7) is 2.26. The first-order valence-corrected chi connectivity index (χ1v) is 8.53. The molecule has 6 heteroatoms. The molecule has 18 heavy (non-hydrogen) atoms. The summed E-state index contributed by atoms with van der Waals surface area (Å²) >= 11 is 3.40. The van der Waals surface area contributed by atoms with Gasteiger partial charge < -0.3 is 10.1 Å². The average Bonchev–Trinajstić information content (AvgIpc) is 2.26. The van der Waals surface area contributed by atoms with Crippen LogP contribution in [0.4, 0.5) is 0 Å². The van der Waals surface area contributed by atoms with Crippen molar-refractivity contribution in [3.63, 3.8) is 0 Å². The van der Waals surface area contributed by atoms with Crippen LogP contribution in [0.1, 0.15) is 5.56 Å². The Kier molecular flexibility index (Phi) is 6.85. The van der Waals surface area contributed by atoms with Crippen LogP contribution in [-0.2, 0) is 21.2 Å². The molecule has 1 aromatic carbocycles. The minimum Gasteiger partial charge on any atom is -0.375 e. The topological polar surface area (TPSA) is 55.4 Å². The van der Waals surface area contributed by atoms with Crippen LogP contribution in [-0.4, -0.2) is 40.1 Å². The lowest BCUT2D eigenvalue weighted by molar-refractivity contribution is 0.123. The van der Waals surface area contributed by atoms with E-state index in [9.17, 15) is 8.42 Å². The summed E-state index contributed by atoms with van der Waals surface area (Å²) in [5.41, 5.74) is 1.11. The van der Waals surface area contributed by atoms with Crippen molar-refractivity contribution in [2.24, 2.45) is 0 Å². The van der Waals surface area contributed by atoms with Crippen molar-refractivity contribution in [1.82, 2.24) is 5.32 Å². The third-order valence-corrected chi connectivity index (χ3v) is 3.67. The maximum absolute atomic E-state index is 10.9. The predicted octanol–water partition coefficient (Wildman–Crippen LogP) is 1.60. The molecular formula is C12H18BrNO3S. The van der Waals surface area contributed by atoms with E-state index in [1.807, 2.05) is 24.3 Å². The molecule has 1 aromatic rings. The highest BCUT2D eigenvalue weighted by molar-refractivity contribution is 9.10. The van der Waals surface area contributed by atoms with Crippen molar-refractivity contribution in [2.75, 3.05) is 31.7 Å². The van der Waals surface area contributed by atoms with Crippen molar-refractivity contribution in [3.05, 3.63) is 34.3 Å². The first kappa shape index (κ1) is 15.6. The maximum Gasteiger partial charge on any atom is 0.148 e. The van der Waals surface area contributed by atoms with Gasteiger partial charge >= 0.3 is 0 Å². The Morgan fingerprint density at radius 1 is 1.33 bits per heavy atom. The van der Waals surface area contributed by atoms with E-state index in [2.05, 4.69) is 21.2 Å². The Labute approximate surface area is 117 Å². The van der Waals surface area contributed by atoms with Gasteiger partial charge in [-0.05, 0) is 17.7 Å². The van der Waals surface area contributed by atoms with Gasteiger partial charge in [-0.3, -0.25) is 0 Å². The van der Waals surface area contributed by atoms with E-state index in [0.29, 0.717) is 26.3 Å². The normalized spacial score (nSPS) is 11.7. The number of rotatable bonds is 8. The lowest BCUT2D eigenvalue weighted by Gasteiger charge is -2.06. The van der Waals surface area contributed by atoms with Crippen LogP contribution in [0.15, 0.2) is 28.7 Å². The molecule has 0 spiro atoms. The van der Waals surface area contributed by atoms with E-state index in [1.54, 1.807) is 0 Å². The monoisotopic (exact) mass is 335 g/mol. The number of benzene rings is 1. The zero-order valence-corrected chi connectivity index (χ0v) is 12.8. The number of ether oxygens (including phenoxy) is 1. The second-order valence-electron chi connectivity index (χ2n) is 4.06. The average molecular weight is 336 g/mol. The smallest absolute Gasteiger partial charge is 0.148 e. The van der Waals surface area contributed by atoms with Crippen molar-refractivity contribution in [2.45, 2.75) is 6.61 Å². The van der Waals surface area contributed by atoms with Crippen molar-refractivity contribution >= 4 is 25.8 Å². The third kappa shape index (κ3) is 7.81. The third-order valence-electron chi connectivity index (χ3n) is 2.23. The first-order chi connectivity index (χ1) is 8.47. The highest BCUT2D eigenvalue weighted by Crippen LogP contribution is 2.12.